The number of ether oxygens (including phenoxy) is 3. The van der Waals surface area contributed by atoms with Crippen LogP contribution in [0.1, 0.15) is 33.6 Å². The molecule has 1 rings (SSSR count). The Morgan fingerprint density at radius 1 is 1.46 bits per heavy atom. The largest absolute Gasteiger partial charge is 0.378 e. The minimum atomic E-state index is -0.0984. The molecule has 78 valence electrons. The van der Waals surface area contributed by atoms with Crippen LogP contribution >= 0.6 is 0 Å². The highest BCUT2D eigenvalue weighted by Crippen LogP contribution is 2.31. The zero-order valence-corrected chi connectivity index (χ0v) is 9.00. The number of hydrogen-bond donors (Lipinski definition) is 0. The Hall–Kier alpha value is -0.120. The van der Waals surface area contributed by atoms with Gasteiger partial charge in [0, 0.05) is 26.6 Å². The maximum Gasteiger partial charge on any atom is 0.160 e. The van der Waals surface area contributed by atoms with E-state index in [0.717, 1.165) is 12.8 Å². The molecule has 0 amide bonds. The lowest BCUT2D eigenvalue weighted by atomic mass is 9.92. The Morgan fingerprint density at radius 3 is 2.69 bits per heavy atom. The van der Waals surface area contributed by atoms with E-state index in [-0.39, 0.29) is 18.0 Å². The van der Waals surface area contributed by atoms with Crippen LogP contribution in [0.4, 0.5) is 0 Å². The Kier molecular flexibility index (Phi) is 3.71. The van der Waals surface area contributed by atoms with E-state index in [0.29, 0.717) is 6.61 Å². The van der Waals surface area contributed by atoms with Crippen molar-refractivity contribution in [2.24, 2.45) is 0 Å². The van der Waals surface area contributed by atoms with Gasteiger partial charge in [-0.05, 0) is 20.8 Å². The summed E-state index contributed by atoms with van der Waals surface area (Å²) in [6.45, 7) is 6.84. The van der Waals surface area contributed by atoms with Crippen LogP contribution in [0, 0.1) is 0 Å². The van der Waals surface area contributed by atoms with E-state index in [1.807, 2.05) is 6.92 Å². The number of hydrogen-bond acceptors (Lipinski definition) is 3. The second-order valence-corrected chi connectivity index (χ2v) is 3.89. The molecule has 3 nitrogen and oxygen atoms in total. The van der Waals surface area contributed by atoms with Gasteiger partial charge >= 0.3 is 0 Å². The first-order valence-electron chi connectivity index (χ1n) is 4.92. The van der Waals surface area contributed by atoms with Crippen LogP contribution in [0.15, 0.2) is 0 Å². The summed E-state index contributed by atoms with van der Waals surface area (Å²) in [6.07, 6.45) is 1.88. The van der Waals surface area contributed by atoms with E-state index in [1.54, 1.807) is 7.11 Å². The fourth-order valence-corrected chi connectivity index (χ4v) is 1.85. The quantitative estimate of drug-likeness (QED) is 0.677. The van der Waals surface area contributed by atoms with Gasteiger partial charge in [-0.3, -0.25) is 0 Å². The molecule has 0 N–H and O–H groups in total. The van der Waals surface area contributed by atoms with Gasteiger partial charge in [0.15, 0.2) is 6.29 Å². The molecular weight excluding hydrogens is 168 g/mol. The average Bonchev–Trinajstić information content (AvgIpc) is 2.03. The smallest absolute Gasteiger partial charge is 0.160 e. The molecule has 0 aromatic heterocycles. The van der Waals surface area contributed by atoms with Crippen molar-refractivity contribution in [3.05, 3.63) is 0 Å². The average molecular weight is 188 g/mol. The van der Waals surface area contributed by atoms with Crippen LogP contribution in [0.5, 0.6) is 0 Å². The molecule has 0 bridgehead atoms. The first-order chi connectivity index (χ1) is 6.09. The van der Waals surface area contributed by atoms with Crippen molar-refractivity contribution in [1.82, 2.24) is 0 Å². The van der Waals surface area contributed by atoms with Crippen molar-refractivity contribution in [2.45, 2.75) is 51.6 Å². The molecule has 1 aliphatic heterocycles. The van der Waals surface area contributed by atoms with Crippen LogP contribution in [0.25, 0.3) is 0 Å². The summed E-state index contributed by atoms with van der Waals surface area (Å²) in [6, 6.07) is 0. The minimum Gasteiger partial charge on any atom is -0.378 e. The first kappa shape index (κ1) is 11.0. The molecule has 1 saturated heterocycles. The van der Waals surface area contributed by atoms with Gasteiger partial charge in [-0.1, -0.05) is 0 Å². The third kappa shape index (κ3) is 2.93. The lowest BCUT2D eigenvalue weighted by Crippen LogP contribution is -2.44. The van der Waals surface area contributed by atoms with Gasteiger partial charge < -0.3 is 14.2 Å². The summed E-state index contributed by atoms with van der Waals surface area (Å²) in [5, 5.41) is 0. The SMILES string of the molecule is CCO[C@H]1C[C@@](C)(OC)C[C@H](C)O1. The van der Waals surface area contributed by atoms with E-state index in [9.17, 15) is 0 Å². The van der Waals surface area contributed by atoms with Crippen LogP contribution in [-0.4, -0.2) is 31.7 Å². The van der Waals surface area contributed by atoms with Gasteiger partial charge in [0.2, 0.25) is 0 Å². The molecule has 0 aromatic rings. The lowest BCUT2D eigenvalue weighted by molar-refractivity contribution is -0.235. The third-order valence-electron chi connectivity index (χ3n) is 2.55. The maximum atomic E-state index is 5.62. The molecule has 3 heteroatoms. The molecule has 0 aliphatic carbocycles. The predicted octanol–water partition coefficient (Wildman–Crippen LogP) is 1.95. The highest BCUT2D eigenvalue weighted by Gasteiger charge is 2.36. The van der Waals surface area contributed by atoms with Crippen LogP contribution < -0.4 is 0 Å². The monoisotopic (exact) mass is 188 g/mol. The lowest BCUT2D eigenvalue weighted by Gasteiger charge is -2.40. The Bertz CT molecular complexity index is 160. The van der Waals surface area contributed by atoms with Crippen molar-refractivity contribution >= 4 is 0 Å². The molecule has 0 saturated carbocycles. The Morgan fingerprint density at radius 2 is 2.15 bits per heavy atom. The topological polar surface area (TPSA) is 27.7 Å². The van der Waals surface area contributed by atoms with Crippen LogP contribution in [-0.2, 0) is 14.2 Å². The van der Waals surface area contributed by atoms with Gasteiger partial charge in [0.25, 0.3) is 0 Å². The molecule has 3 atom stereocenters. The van der Waals surface area contributed by atoms with Crippen LogP contribution in [0.2, 0.25) is 0 Å². The van der Waals surface area contributed by atoms with Gasteiger partial charge in [-0.15, -0.1) is 0 Å². The maximum absolute atomic E-state index is 5.62. The summed E-state index contributed by atoms with van der Waals surface area (Å²) < 4.78 is 16.5. The molecule has 0 aromatic carbocycles. The zero-order chi connectivity index (χ0) is 9.90. The Labute approximate surface area is 80.4 Å². The normalized spacial score (nSPS) is 40.6. The highest BCUT2D eigenvalue weighted by atomic mass is 16.7. The number of methoxy groups -OCH3 is 1. The standard InChI is InChI=1S/C10H20O3/c1-5-12-9-7-10(3,11-4)6-8(2)13-9/h8-9H,5-7H2,1-4H3/t8-,9+,10-/m0/s1. The summed E-state index contributed by atoms with van der Waals surface area (Å²) in [7, 11) is 1.75. The molecule has 13 heavy (non-hydrogen) atoms. The summed E-state index contributed by atoms with van der Waals surface area (Å²) >= 11 is 0. The Balaban J connectivity index is 2.52. The van der Waals surface area contributed by atoms with Gasteiger partial charge in [0.1, 0.15) is 0 Å². The van der Waals surface area contributed by atoms with Crippen molar-refractivity contribution in [2.75, 3.05) is 13.7 Å². The van der Waals surface area contributed by atoms with E-state index in [1.165, 1.54) is 0 Å². The van der Waals surface area contributed by atoms with E-state index < -0.39 is 0 Å². The second kappa shape index (κ2) is 4.40. The summed E-state index contributed by atoms with van der Waals surface area (Å²) in [5.41, 5.74) is -0.0858. The molecule has 0 radical (unpaired) electrons. The van der Waals surface area contributed by atoms with Gasteiger partial charge in [-0.2, -0.15) is 0 Å². The van der Waals surface area contributed by atoms with Crippen molar-refractivity contribution in [3.63, 3.8) is 0 Å². The fraction of sp³-hybridized carbons (Fsp3) is 1.00. The van der Waals surface area contributed by atoms with Crippen LogP contribution in [0.3, 0.4) is 0 Å². The fourth-order valence-electron chi connectivity index (χ4n) is 1.85. The van der Waals surface area contributed by atoms with Crippen molar-refractivity contribution < 1.29 is 14.2 Å². The van der Waals surface area contributed by atoms with Gasteiger partial charge in [0.05, 0.1) is 11.7 Å². The summed E-state index contributed by atoms with van der Waals surface area (Å²) in [4.78, 5) is 0. The predicted molar refractivity (Wildman–Crippen MR) is 50.6 cm³/mol. The molecule has 0 spiro atoms. The van der Waals surface area contributed by atoms with E-state index in [2.05, 4.69) is 13.8 Å². The zero-order valence-electron chi connectivity index (χ0n) is 9.00. The molecule has 1 fully saturated rings. The first-order valence-corrected chi connectivity index (χ1v) is 4.92. The molecule has 1 heterocycles. The van der Waals surface area contributed by atoms with Crippen molar-refractivity contribution in [1.29, 1.82) is 0 Å². The van der Waals surface area contributed by atoms with Crippen molar-refractivity contribution in [3.8, 4) is 0 Å². The minimum absolute atomic E-state index is 0.0858. The third-order valence-corrected chi connectivity index (χ3v) is 2.55. The highest BCUT2D eigenvalue weighted by molar-refractivity contribution is 4.83. The second-order valence-electron chi connectivity index (χ2n) is 3.89. The van der Waals surface area contributed by atoms with Gasteiger partial charge in [-0.25, -0.2) is 0 Å². The summed E-state index contributed by atoms with van der Waals surface area (Å²) in [5.74, 6) is 0. The molecular formula is C10H20O3. The molecule has 1 aliphatic rings. The molecule has 0 unspecified atom stereocenters. The number of rotatable bonds is 3. The van der Waals surface area contributed by atoms with E-state index in [4.69, 9.17) is 14.2 Å². The van der Waals surface area contributed by atoms with E-state index >= 15 is 0 Å².